The van der Waals surface area contributed by atoms with Crippen molar-refractivity contribution < 1.29 is 4.74 Å². The normalized spacial score (nSPS) is 13.2. The van der Waals surface area contributed by atoms with Crippen molar-refractivity contribution in [1.82, 2.24) is 0 Å². The number of para-hydroxylation sites is 2. The van der Waals surface area contributed by atoms with Gasteiger partial charge in [0, 0.05) is 28.2 Å². The minimum Gasteiger partial charge on any atom is -0.456 e. The topological polar surface area (TPSA) is 12.5 Å². The molecule has 0 saturated heterocycles. The molecule has 2 aliphatic carbocycles. The maximum Gasteiger partial charge on any atom is 0.135 e. The summed E-state index contributed by atoms with van der Waals surface area (Å²) in [4.78, 5) is 2.41. The van der Waals surface area contributed by atoms with E-state index in [4.69, 9.17) is 4.74 Å². The van der Waals surface area contributed by atoms with Crippen LogP contribution in [0.5, 0.6) is 11.5 Å². The van der Waals surface area contributed by atoms with Gasteiger partial charge in [0.25, 0.3) is 0 Å². The van der Waals surface area contributed by atoms with Gasteiger partial charge in [0.05, 0.1) is 5.41 Å². The van der Waals surface area contributed by atoms with Gasteiger partial charge < -0.3 is 9.64 Å². The Morgan fingerprint density at radius 2 is 0.667 bits per heavy atom. The Bertz CT molecular complexity index is 3020. The molecule has 2 heteroatoms. The number of benzene rings is 9. The van der Waals surface area contributed by atoms with E-state index in [1.165, 1.54) is 55.6 Å². The second kappa shape index (κ2) is 12.3. The molecule has 9 aromatic rings. The average Bonchev–Trinajstić information content (AvgIpc) is 3.43. The fourth-order valence-electron chi connectivity index (χ4n) is 10.0. The van der Waals surface area contributed by atoms with Crippen LogP contribution >= 0.6 is 0 Å². The first kappa shape index (κ1) is 31.9. The van der Waals surface area contributed by atoms with Gasteiger partial charge in [0.2, 0.25) is 0 Å². The molecule has 9 aromatic carbocycles. The second-order valence-electron chi connectivity index (χ2n) is 15.2. The molecule has 0 fully saturated rings. The zero-order chi connectivity index (χ0) is 37.5. The molecule has 1 heterocycles. The van der Waals surface area contributed by atoms with Gasteiger partial charge in [-0.15, -0.1) is 0 Å². The number of nitrogens with zero attached hydrogens (tertiary/aromatic N) is 1. The molecule has 1 spiro atoms. The van der Waals surface area contributed by atoms with E-state index in [9.17, 15) is 0 Å². The largest absolute Gasteiger partial charge is 0.456 e. The molecule has 12 rings (SSSR count). The maximum atomic E-state index is 6.70. The summed E-state index contributed by atoms with van der Waals surface area (Å²) in [7, 11) is 0. The minimum atomic E-state index is -0.567. The Kier molecular flexibility index (Phi) is 6.88. The lowest BCUT2D eigenvalue weighted by Gasteiger charge is -2.36. The third-order valence-corrected chi connectivity index (χ3v) is 12.3. The van der Waals surface area contributed by atoms with Crippen molar-refractivity contribution in [1.29, 1.82) is 0 Å². The Morgan fingerprint density at radius 3 is 1.28 bits per heavy atom. The molecule has 57 heavy (non-hydrogen) atoms. The van der Waals surface area contributed by atoms with E-state index < -0.39 is 5.41 Å². The third kappa shape index (κ3) is 4.53. The van der Waals surface area contributed by atoms with Gasteiger partial charge in [0.1, 0.15) is 11.5 Å². The summed E-state index contributed by atoms with van der Waals surface area (Å²) >= 11 is 0. The van der Waals surface area contributed by atoms with E-state index in [0.29, 0.717) is 0 Å². The molecule has 266 valence electrons. The number of hydrogen-bond donors (Lipinski definition) is 0. The van der Waals surface area contributed by atoms with Crippen LogP contribution in [-0.4, -0.2) is 0 Å². The SMILES string of the molecule is c1ccc(N(c2ccc3c(c2)-c2ccccc2-c2ccccc2O3)c2ccc3c(c2)C2(c4ccccc4-c4ccccc4-3)c3ccccc3-c3ccccc32)cc1. The van der Waals surface area contributed by atoms with Crippen molar-refractivity contribution in [3.63, 3.8) is 0 Å². The van der Waals surface area contributed by atoms with Crippen LogP contribution < -0.4 is 9.64 Å². The highest BCUT2D eigenvalue weighted by molar-refractivity contribution is 5.99. The average molecular weight is 726 g/mol. The van der Waals surface area contributed by atoms with Gasteiger partial charge in [-0.05, 0) is 115 Å². The van der Waals surface area contributed by atoms with Crippen molar-refractivity contribution in [2.75, 3.05) is 4.90 Å². The fraction of sp³-hybridized carbons (Fsp3) is 0.0182. The number of rotatable bonds is 3. The molecule has 0 bridgehead atoms. The van der Waals surface area contributed by atoms with E-state index in [2.05, 4.69) is 211 Å². The van der Waals surface area contributed by atoms with Gasteiger partial charge in [-0.25, -0.2) is 0 Å². The monoisotopic (exact) mass is 725 g/mol. The molecular formula is C55H35NO. The molecule has 3 aliphatic rings. The summed E-state index contributed by atoms with van der Waals surface area (Å²) in [6.07, 6.45) is 0. The first-order valence-corrected chi connectivity index (χ1v) is 19.7. The van der Waals surface area contributed by atoms with Crippen LogP contribution in [0.3, 0.4) is 0 Å². The van der Waals surface area contributed by atoms with Crippen LogP contribution in [0, 0.1) is 0 Å². The molecule has 1 aliphatic heterocycles. The van der Waals surface area contributed by atoms with E-state index in [-0.39, 0.29) is 0 Å². The molecule has 0 N–H and O–H groups in total. The summed E-state index contributed by atoms with van der Waals surface area (Å²) in [6.45, 7) is 0. The highest BCUT2D eigenvalue weighted by Crippen LogP contribution is 2.62. The van der Waals surface area contributed by atoms with Crippen LogP contribution in [0.25, 0.3) is 55.6 Å². The highest BCUT2D eigenvalue weighted by Gasteiger charge is 2.49. The Hall–Kier alpha value is -7.42. The van der Waals surface area contributed by atoms with E-state index >= 15 is 0 Å². The molecular weight excluding hydrogens is 691 g/mol. The lowest BCUT2D eigenvalue weighted by Crippen LogP contribution is -2.29. The minimum absolute atomic E-state index is 0.567. The zero-order valence-electron chi connectivity index (χ0n) is 31.1. The third-order valence-electron chi connectivity index (χ3n) is 12.3. The maximum absolute atomic E-state index is 6.70. The number of fused-ring (bicyclic) bond motifs is 17. The van der Waals surface area contributed by atoms with E-state index in [1.807, 2.05) is 6.07 Å². The van der Waals surface area contributed by atoms with Crippen molar-refractivity contribution in [2.45, 2.75) is 5.41 Å². The fourth-order valence-corrected chi connectivity index (χ4v) is 10.0. The predicted molar refractivity (Wildman–Crippen MR) is 234 cm³/mol. The Labute approximate surface area is 332 Å². The summed E-state index contributed by atoms with van der Waals surface area (Å²) < 4.78 is 6.70. The van der Waals surface area contributed by atoms with Crippen LogP contribution in [-0.2, 0) is 5.41 Å². The summed E-state index contributed by atoms with van der Waals surface area (Å²) in [6, 6.07) is 77.7. The lowest BCUT2D eigenvalue weighted by molar-refractivity contribution is 0.488. The van der Waals surface area contributed by atoms with Gasteiger partial charge in [-0.2, -0.15) is 0 Å². The van der Waals surface area contributed by atoms with Crippen LogP contribution in [0.15, 0.2) is 212 Å². The molecule has 0 saturated carbocycles. The predicted octanol–water partition coefficient (Wildman–Crippen LogP) is 14.6. The summed E-state index contributed by atoms with van der Waals surface area (Å²) in [5, 5.41) is 0. The molecule has 0 atom stereocenters. The molecule has 0 unspecified atom stereocenters. The van der Waals surface area contributed by atoms with Gasteiger partial charge >= 0.3 is 0 Å². The molecule has 0 radical (unpaired) electrons. The zero-order valence-corrected chi connectivity index (χ0v) is 31.1. The van der Waals surface area contributed by atoms with Gasteiger partial charge in [-0.1, -0.05) is 164 Å². The molecule has 0 aromatic heterocycles. The smallest absolute Gasteiger partial charge is 0.135 e. The summed E-state index contributed by atoms with van der Waals surface area (Å²) in [5.74, 6) is 1.71. The quantitative estimate of drug-likeness (QED) is 0.180. The molecule has 0 amide bonds. The Balaban J connectivity index is 1.15. The Morgan fingerprint density at radius 1 is 0.263 bits per heavy atom. The molecule has 2 nitrogen and oxygen atoms in total. The number of hydrogen-bond acceptors (Lipinski definition) is 2. The van der Waals surface area contributed by atoms with Crippen molar-refractivity contribution in [2.24, 2.45) is 0 Å². The van der Waals surface area contributed by atoms with Crippen molar-refractivity contribution in [3.8, 4) is 67.1 Å². The van der Waals surface area contributed by atoms with Crippen molar-refractivity contribution in [3.05, 3.63) is 235 Å². The van der Waals surface area contributed by atoms with E-state index in [0.717, 1.165) is 50.8 Å². The van der Waals surface area contributed by atoms with Crippen LogP contribution in [0.1, 0.15) is 22.3 Å². The highest BCUT2D eigenvalue weighted by atomic mass is 16.5. The first-order valence-electron chi connectivity index (χ1n) is 19.7. The van der Waals surface area contributed by atoms with Crippen LogP contribution in [0.2, 0.25) is 0 Å². The van der Waals surface area contributed by atoms with Crippen molar-refractivity contribution >= 4 is 17.1 Å². The number of ether oxygens (including phenoxy) is 1. The van der Waals surface area contributed by atoms with E-state index in [1.54, 1.807) is 0 Å². The van der Waals surface area contributed by atoms with Gasteiger partial charge in [-0.3, -0.25) is 0 Å². The van der Waals surface area contributed by atoms with Gasteiger partial charge in [0.15, 0.2) is 0 Å². The van der Waals surface area contributed by atoms with Crippen LogP contribution in [0.4, 0.5) is 17.1 Å². The standard InChI is InChI=1S/C55H35NO/c1-2-16-36(17-3-1)56(37-31-33-54-48(34-37)42-21-7-6-20-41(42)47-25-11-15-29-53(47)57-54)38-30-32-46-40-19-5-4-18-39(40)43-22-8-12-26-49(43)55(52(46)35-38)50-27-13-9-23-44(50)45-24-10-14-28-51(45)55/h1-35H. The first-order chi connectivity index (χ1) is 28.3. The lowest BCUT2D eigenvalue weighted by atomic mass is 9.66. The second-order valence-corrected chi connectivity index (χ2v) is 15.2. The number of anilines is 3. The summed E-state index contributed by atoms with van der Waals surface area (Å²) in [5.41, 5.74) is 19.9.